The average Bonchev–Trinajstić information content (AvgIpc) is 3.07. The molecule has 0 spiro atoms. The molecule has 3 nitrogen and oxygen atoms in total. The lowest BCUT2D eigenvalue weighted by molar-refractivity contribution is 0.510. The van der Waals surface area contributed by atoms with Crippen LogP contribution in [0.25, 0.3) is 0 Å². The van der Waals surface area contributed by atoms with Crippen molar-refractivity contribution in [3.63, 3.8) is 0 Å². The molecule has 82 valence electrons. The van der Waals surface area contributed by atoms with Gasteiger partial charge in [-0.1, -0.05) is 0 Å². The molecule has 2 N–H and O–H groups in total. The van der Waals surface area contributed by atoms with Gasteiger partial charge in [-0.2, -0.15) is 5.10 Å². The van der Waals surface area contributed by atoms with Crippen LogP contribution in [0.2, 0.25) is 0 Å². The van der Waals surface area contributed by atoms with Gasteiger partial charge in [0.05, 0.1) is 4.47 Å². The lowest BCUT2D eigenvalue weighted by Gasteiger charge is -2.00. The highest BCUT2D eigenvalue weighted by Gasteiger charge is 2.46. The first kappa shape index (κ1) is 9.70. The molecule has 0 aliphatic heterocycles. The van der Waals surface area contributed by atoms with Gasteiger partial charge in [-0.05, 0) is 59.4 Å². The van der Waals surface area contributed by atoms with Crippen LogP contribution in [0.1, 0.15) is 25.7 Å². The molecule has 15 heavy (non-hydrogen) atoms. The number of hydrogen-bond acceptors (Lipinski definition) is 2. The van der Waals surface area contributed by atoms with Crippen LogP contribution in [-0.2, 0) is 6.54 Å². The molecule has 0 bridgehead atoms. The van der Waals surface area contributed by atoms with E-state index in [-0.39, 0.29) is 0 Å². The van der Waals surface area contributed by atoms with Gasteiger partial charge in [0.2, 0.25) is 0 Å². The second-order valence-electron chi connectivity index (χ2n) is 4.91. The molecule has 2 aliphatic carbocycles. The highest BCUT2D eigenvalue weighted by Crippen LogP contribution is 2.55. The molecule has 1 heterocycles. The Bertz CT molecular complexity index is 350. The zero-order valence-corrected chi connectivity index (χ0v) is 10.3. The molecule has 4 heteroatoms. The molecular formula is C11H16BrN3. The Labute approximate surface area is 98.2 Å². The Kier molecular flexibility index (Phi) is 2.27. The summed E-state index contributed by atoms with van der Waals surface area (Å²) >= 11 is 3.38. The normalized spacial score (nSPS) is 29.4. The summed E-state index contributed by atoms with van der Waals surface area (Å²) in [6.07, 6.45) is 7.68. The monoisotopic (exact) mass is 269 g/mol. The van der Waals surface area contributed by atoms with Crippen molar-refractivity contribution in [2.45, 2.75) is 32.2 Å². The molecule has 2 saturated carbocycles. The van der Waals surface area contributed by atoms with Gasteiger partial charge in [-0.3, -0.25) is 4.68 Å². The van der Waals surface area contributed by atoms with Crippen molar-refractivity contribution in [2.75, 3.05) is 5.73 Å². The molecule has 0 amide bonds. The van der Waals surface area contributed by atoms with Gasteiger partial charge in [0, 0.05) is 12.7 Å². The average molecular weight is 270 g/mol. The second-order valence-corrected chi connectivity index (χ2v) is 5.77. The first-order chi connectivity index (χ1) is 7.24. The SMILES string of the molecule is Nc1nn(CC[C@@H]2C[C@H]2C2CC2)cc1Br. The Hall–Kier alpha value is -0.510. The predicted octanol–water partition coefficient (Wildman–Crippen LogP) is 2.66. The molecule has 0 saturated heterocycles. The van der Waals surface area contributed by atoms with Gasteiger partial charge in [0.15, 0.2) is 5.82 Å². The van der Waals surface area contributed by atoms with Crippen molar-refractivity contribution in [3.8, 4) is 0 Å². The van der Waals surface area contributed by atoms with Crippen molar-refractivity contribution in [2.24, 2.45) is 17.8 Å². The van der Waals surface area contributed by atoms with Crippen molar-refractivity contribution >= 4 is 21.7 Å². The smallest absolute Gasteiger partial charge is 0.159 e. The van der Waals surface area contributed by atoms with Gasteiger partial charge in [0.1, 0.15) is 0 Å². The van der Waals surface area contributed by atoms with Gasteiger partial charge >= 0.3 is 0 Å². The zero-order chi connectivity index (χ0) is 10.4. The van der Waals surface area contributed by atoms with Gasteiger partial charge < -0.3 is 5.73 Å². The molecule has 1 aromatic rings. The third-order valence-corrected chi connectivity index (χ3v) is 4.29. The Morgan fingerprint density at radius 1 is 1.53 bits per heavy atom. The Balaban J connectivity index is 1.49. The van der Waals surface area contributed by atoms with Crippen LogP contribution in [-0.4, -0.2) is 9.78 Å². The standard InChI is InChI=1S/C11H16BrN3/c12-10-6-15(14-11(10)13)4-3-8-5-9(8)7-1-2-7/h6-9H,1-5H2,(H2,13,14)/t8-,9+/m1/s1. The molecule has 2 fully saturated rings. The number of halogens is 1. The summed E-state index contributed by atoms with van der Waals surface area (Å²) < 4.78 is 2.87. The summed E-state index contributed by atoms with van der Waals surface area (Å²) in [7, 11) is 0. The largest absolute Gasteiger partial charge is 0.381 e. The highest BCUT2D eigenvalue weighted by atomic mass is 79.9. The number of nitrogens with two attached hydrogens (primary N) is 1. The van der Waals surface area contributed by atoms with Gasteiger partial charge in [-0.15, -0.1) is 0 Å². The number of nitrogens with zero attached hydrogens (tertiary/aromatic N) is 2. The van der Waals surface area contributed by atoms with E-state index in [0.29, 0.717) is 5.82 Å². The molecule has 0 unspecified atom stereocenters. The maximum Gasteiger partial charge on any atom is 0.159 e. The molecule has 1 aromatic heterocycles. The first-order valence-electron chi connectivity index (χ1n) is 5.72. The van der Waals surface area contributed by atoms with Crippen molar-refractivity contribution in [3.05, 3.63) is 10.7 Å². The maximum absolute atomic E-state index is 5.67. The lowest BCUT2D eigenvalue weighted by Crippen LogP contribution is -2.01. The minimum Gasteiger partial charge on any atom is -0.381 e. The van der Waals surface area contributed by atoms with E-state index in [1.807, 2.05) is 10.9 Å². The summed E-state index contributed by atoms with van der Waals surface area (Å²) in [5.41, 5.74) is 5.67. The number of aromatic nitrogens is 2. The molecule has 3 rings (SSSR count). The summed E-state index contributed by atoms with van der Waals surface area (Å²) in [6.45, 7) is 1.02. The summed E-state index contributed by atoms with van der Waals surface area (Å²) in [5.74, 6) is 3.72. The molecule has 0 radical (unpaired) electrons. The minimum atomic E-state index is 0.601. The first-order valence-corrected chi connectivity index (χ1v) is 6.52. The van der Waals surface area contributed by atoms with Gasteiger partial charge in [0.25, 0.3) is 0 Å². The minimum absolute atomic E-state index is 0.601. The number of aryl methyl sites for hydroxylation is 1. The zero-order valence-electron chi connectivity index (χ0n) is 8.69. The van der Waals surface area contributed by atoms with Crippen molar-refractivity contribution in [1.82, 2.24) is 9.78 Å². The molecule has 0 aromatic carbocycles. The number of rotatable bonds is 4. The maximum atomic E-state index is 5.67. The second kappa shape index (κ2) is 3.51. The molecule has 2 aliphatic rings. The number of hydrogen-bond donors (Lipinski definition) is 1. The van der Waals surface area contributed by atoms with Crippen LogP contribution < -0.4 is 5.73 Å². The lowest BCUT2D eigenvalue weighted by atomic mass is 10.2. The highest BCUT2D eigenvalue weighted by molar-refractivity contribution is 9.10. The number of anilines is 1. The third kappa shape index (κ3) is 2.05. The quantitative estimate of drug-likeness (QED) is 0.914. The topological polar surface area (TPSA) is 43.8 Å². The third-order valence-electron chi connectivity index (χ3n) is 3.68. The molecular weight excluding hydrogens is 254 g/mol. The Morgan fingerprint density at radius 2 is 2.33 bits per heavy atom. The van der Waals surface area contributed by atoms with E-state index in [4.69, 9.17) is 5.73 Å². The fourth-order valence-corrected chi connectivity index (χ4v) is 2.84. The summed E-state index contributed by atoms with van der Waals surface area (Å²) in [5, 5.41) is 4.24. The number of nitrogen functional groups attached to an aromatic ring is 1. The van der Waals surface area contributed by atoms with Gasteiger partial charge in [-0.25, -0.2) is 0 Å². The van der Waals surface area contributed by atoms with E-state index >= 15 is 0 Å². The molecule has 2 atom stereocenters. The summed E-state index contributed by atoms with van der Waals surface area (Å²) in [6, 6.07) is 0. The van der Waals surface area contributed by atoms with Crippen LogP contribution in [0.3, 0.4) is 0 Å². The van der Waals surface area contributed by atoms with Crippen LogP contribution in [0.5, 0.6) is 0 Å². The Morgan fingerprint density at radius 3 is 2.93 bits per heavy atom. The van der Waals surface area contributed by atoms with E-state index in [1.54, 1.807) is 0 Å². The van der Waals surface area contributed by atoms with Crippen LogP contribution in [0, 0.1) is 17.8 Å². The fraction of sp³-hybridized carbons (Fsp3) is 0.727. The summed E-state index contributed by atoms with van der Waals surface area (Å²) in [4.78, 5) is 0. The van der Waals surface area contributed by atoms with E-state index < -0.39 is 0 Å². The van der Waals surface area contributed by atoms with Crippen LogP contribution in [0.15, 0.2) is 10.7 Å². The fourth-order valence-electron chi connectivity index (χ4n) is 2.53. The van der Waals surface area contributed by atoms with E-state index in [0.717, 1.165) is 28.8 Å². The van der Waals surface area contributed by atoms with E-state index in [9.17, 15) is 0 Å². The van der Waals surface area contributed by atoms with Crippen molar-refractivity contribution in [1.29, 1.82) is 0 Å². The van der Waals surface area contributed by atoms with Crippen LogP contribution in [0.4, 0.5) is 5.82 Å². The van der Waals surface area contributed by atoms with E-state index in [2.05, 4.69) is 21.0 Å². The van der Waals surface area contributed by atoms with Crippen LogP contribution >= 0.6 is 15.9 Å². The van der Waals surface area contributed by atoms with Crippen molar-refractivity contribution < 1.29 is 0 Å². The van der Waals surface area contributed by atoms with E-state index in [1.165, 1.54) is 25.7 Å². The predicted molar refractivity (Wildman–Crippen MR) is 63.3 cm³/mol.